The minimum atomic E-state index is -0.292. The number of nitrogens with two attached hydrogens (primary N) is 1. The lowest BCUT2D eigenvalue weighted by Gasteiger charge is -2.28. The summed E-state index contributed by atoms with van der Waals surface area (Å²) >= 11 is 6.10. The van der Waals surface area contributed by atoms with E-state index < -0.39 is 0 Å². The fourth-order valence-corrected chi connectivity index (χ4v) is 3.83. The molecule has 1 aliphatic rings. The van der Waals surface area contributed by atoms with Gasteiger partial charge >= 0.3 is 0 Å². The highest BCUT2D eigenvalue weighted by Crippen LogP contribution is 2.30. The summed E-state index contributed by atoms with van der Waals surface area (Å²) in [4.78, 5) is 25.7. The summed E-state index contributed by atoms with van der Waals surface area (Å²) in [5.41, 5.74) is 10.1. The Kier molecular flexibility index (Phi) is 3.99. The van der Waals surface area contributed by atoms with Gasteiger partial charge in [-0.3, -0.25) is 4.79 Å². The van der Waals surface area contributed by atoms with E-state index in [4.69, 9.17) is 22.1 Å². The van der Waals surface area contributed by atoms with Crippen molar-refractivity contribution in [2.45, 2.75) is 0 Å². The van der Waals surface area contributed by atoms with Gasteiger partial charge in [-0.15, -0.1) is 0 Å². The summed E-state index contributed by atoms with van der Waals surface area (Å²) in [6, 6.07) is 11.2. The molecule has 0 spiro atoms. The summed E-state index contributed by atoms with van der Waals surface area (Å²) in [7, 11) is 0. The molecule has 1 aliphatic heterocycles. The second kappa shape index (κ2) is 6.54. The monoisotopic (exact) mass is 395 g/mol. The Morgan fingerprint density at radius 2 is 1.86 bits per heavy atom. The minimum Gasteiger partial charge on any atom is -0.397 e. The molecule has 4 aromatic rings. The fourth-order valence-electron chi connectivity index (χ4n) is 3.66. The van der Waals surface area contributed by atoms with E-state index in [1.807, 2.05) is 18.2 Å². The minimum absolute atomic E-state index is 0.292. The number of nitrogens with one attached hydrogen (secondary N) is 2. The zero-order valence-electron chi connectivity index (χ0n) is 15.0. The smallest absolute Gasteiger partial charge is 0.261 e. The van der Waals surface area contributed by atoms with E-state index in [-0.39, 0.29) is 5.56 Å². The Bertz CT molecular complexity index is 1260. The molecule has 0 unspecified atom stereocenters. The van der Waals surface area contributed by atoms with Crippen molar-refractivity contribution < 1.29 is 4.74 Å². The number of halogens is 1. The highest BCUT2D eigenvalue weighted by atomic mass is 35.5. The summed E-state index contributed by atoms with van der Waals surface area (Å²) < 4.78 is 5.42. The molecule has 0 bridgehead atoms. The SMILES string of the molecule is Nc1c(-c2nc3cc(N4CCOCC4)ccc3[nH]2)c(=O)[nH]c2ccc(Cl)cc12. The number of H-pyrrole nitrogens is 2. The molecule has 1 fully saturated rings. The van der Waals surface area contributed by atoms with Gasteiger partial charge < -0.3 is 25.3 Å². The molecule has 0 radical (unpaired) electrons. The first-order chi connectivity index (χ1) is 13.6. The van der Waals surface area contributed by atoms with Crippen LogP contribution in [-0.2, 0) is 4.74 Å². The van der Waals surface area contributed by atoms with Gasteiger partial charge in [-0.1, -0.05) is 11.6 Å². The summed E-state index contributed by atoms with van der Waals surface area (Å²) in [6.45, 7) is 3.13. The number of rotatable bonds is 2. The Hall–Kier alpha value is -3.03. The Labute approximate surface area is 165 Å². The molecule has 2 aromatic heterocycles. The van der Waals surface area contributed by atoms with E-state index in [0.717, 1.165) is 43.0 Å². The van der Waals surface area contributed by atoms with Crippen molar-refractivity contribution in [3.63, 3.8) is 0 Å². The van der Waals surface area contributed by atoms with E-state index in [1.54, 1.807) is 18.2 Å². The van der Waals surface area contributed by atoms with Gasteiger partial charge in [0.1, 0.15) is 11.4 Å². The normalized spacial score (nSPS) is 14.8. The van der Waals surface area contributed by atoms with Gasteiger partial charge in [0, 0.05) is 29.2 Å². The molecule has 5 rings (SSSR count). The van der Waals surface area contributed by atoms with Crippen LogP contribution in [0.2, 0.25) is 5.02 Å². The third-order valence-corrected chi connectivity index (χ3v) is 5.33. The number of morpholine rings is 1. The van der Waals surface area contributed by atoms with Crippen molar-refractivity contribution in [1.82, 2.24) is 15.0 Å². The van der Waals surface area contributed by atoms with Crippen molar-refractivity contribution in [2.75, 3.05) is 36.9 Å². The fraction of sp³-hybridized carbons (Fsp3) is 0.200. The van der Waals surface area contributed by atoms with Crippen LogP contribution in [0.5, 0.6) is 0 Å². The number of nitrogens with zero attached hydrogens (tertiary/aromatic N) is 2. The van der Waals surface area contributed by atoms with Crippen molar-refractivity contribution in [3.05, 3.63) is 51.8 Å². The predicted octanol–water partition coefficient (Wildman–Crippen LogP) is 3.14. The second-order valence-corrected chi connectivity index (χ2v) is 7.26. The zero-order valence-corrected chi connectivity index (χ0v) is 15.7. The molecule has 0 saturated carbocycles. The van der Waals surface area contributed by atoms with Crippen molar-refractivity contribution in [3.8, 4) is 11.4 Å². The molecule has 0 atom stereocenters. The standard InChI is InChI=1S/C20H18ClN5O2/c21-11-1-3-14-13(9-11)18(22)17(20(27)25-14)19-23-15-4-2-12(10-16(15)24-19)26-5-7-28-8-6-26/h1-4,9-10H,5-8H2,(H,23,24)(H3,22,25,27). The molecule has 28 heavy (non-hydrogen) atoms. The topological polar surface area (TPSA) is 100 Å². The van der Waals surface area contributed by atoms with E-state index in [1.165, 1.54) is 0 Å². The number of pyridine rings is 1. The molecule has 8 heteroatoms. The van der Waals surface area contributed by atoms with Crippen molar-refractivity contribution in [1.29, 1.82) is 0 Å². The molecule has 0 amide bonds. The summed E-state index contributed by atoms with van der Waals surface area (Å²) in [6.07, 6.45) is 0. The van der Waals surface area contributed by atoms with Crippen molar-refractivity contribution >= 4 is 44.9 Å². The zero-order chi connectivity index (χ0) is 19.3. The number of hydrogen-bond donors (Lipinski definition) is 3. The average molecular weight is 396 g/mol. The van der Waals surface area contributed by atoms with Gasteiger partial charge in [-0.25, -0.2) is 4.98 Å². The number of aromatic amines is 2. The third kappa shape index (κ3) is 2.80. The van der Waals surface area contributed by atoms with Gasteiger partial charge in [-0.05, 0) is 36.4 Å². The lowest BCUT2D eigenvalue weighted by Crippen LogP contribution is -2.36. The molecular weight excluding hydrogens is 378 g/mol. The molecule has 1 saturated heterocycles. The number of anilines is 2. The molecular formula is C20H18ClN5O2. The van der Waals surface area contributed by atoms with Crippen LogP contribution in [0.1, 0.15) is 0 Å². The Balaban J connectivity index is 1.64. The number of hydrogen-bond acceptors (Lipinski definition) is 5. The van der Waals surface area contributed by atoms with Crippen LogP contribution in [0.25, 0.3) is 33.3 Å². The van der Waals surface area contributed by atoms with Crippen LogP contribution in [0.4, 0.5) is 11.4 Å². The maximum atomic E-state index is 12.7. The van der Waals surface area contributed by atoms with E-state index >= 15 is 0 Å². The van der Waals surface area contributed by atoms with Gasteiger partial charge in [0.25, 0.3) is 5.56 Å². The van der Waals surface area contributed by atoms with Gasteiger partial charge in [0.05, 0.1) is 35.5 Å². The molecule has 7 nitrogen and oxygen atoms in total. The summed E-state index contributed by atoms with van der Waals surface area (Å²) in [5, 5.41) is 1.24. The maximum absolute atomic E-state index is 12.7. The van der Waals surface area contributed by atoms with Gasteiger partial charge in [0.15, 0.2) is 0 Å². The van der Waals surface area contributed by atoms with E-state index in [2.05, 4.69) is 19.9 Å². The first-order valence-corrected chi connectivity index (χ1v) is 9.42. The maximum Gasteiger partial charge on any atom is 0.261 e. The molecule has 0 aliphatic carbocycles. The van der Waals surface area contributed by atoms with E-state index in [0.29, 0.717) is 33.0 Å². The number of fused-ring (bicyclic) bond motifs is 2. The number of imidazole rings is 1. The quantitative estimate of drug-likeness (QED) is 0.484. The van der Waals surface area contributed by atoms with Crippen LogP contribution in [0.15, 0.2) is 41.2 Å². The second-order valence-electron chi connectivity index (χ2n) is 6.82. The third-order valence-electron chi connectivity index (χ3n) is 5.10. The van der Waals surface area contributed by atoms with Gasteiger partial charge in [0.2, 0.25) is 0 Å². The highest BCUT2D eigenvalue weighted by molar-refractivity contribution is 6.31. The van der Waals surface area contributed by atoms with Crippen LogP contribution in [0.3, 0.4) is 0 Å². The van der Waals surface area contributed by atoms with E-state index in [9.17, 15) is 4.79 Å². The van der Waals surface area contributed by atoms with Crippen LogP contribution in [-0.4, -0.2) is 41.3 Å². The van der Waals surface area contributed by atoms with Crippen LogP contribution in [0, 0.1) is 0 Å². The molecule has 142 valence electrons. The Morgan fingerprint density at radius 3 is 2.68 bits per heavy atom. The number of benzene rings is 2. The van der Waals surface area contributed by atoms with Gasteiger partial charge in [-0.2, -0.15) is 0 Å². The van der Waals surface area contributed by atoms with Crippen LogP contribution < -0.4 is 16.2 Å². The largest absolute Gasteiger partial charge is 0.397 e. The number of ether oxygens (including phenoxy) is 1. The first kappa shape index (κ1) is 17.1. The first-order valence-electron chi connectivity index (χ1n) is 9.04. The molecule has 2 aromatic carbocycles. The Morgan fingerprint density at radius 1 is 1.07 bits per heavy atom. The molecule has 3 heterocycles. The molecule has 4 N–H and O–H groups in total. The predicted molar refractivity (Wildman–Crippen MR) is 112 cm³/mol. The summed E-state index contributed by atoms with van der Waals surface area (Å²) in [5.74, 6) is 0.440. The van der Waals surface area contributed by atoms with Crippen molar-refractivity contribution in [2.24, 2.45) is 0 Å². The lowest BCUT2D eigenvalue weighted by molar-refractivity contribution is 0.122. The highest BCUT2D eigenvalue weighted by Gasteiger charge is 2.17. The number of aromatic nitrogens is 3. The average Bonchev–Trinajstić information content (AvgIpc) is 3.12. The lowest BCUT2D eigenvalue weighted by atomic mass is 10.1. The number of nitrogen functional groups attached to an aromatic ring is 1. The van der Waals surface area contributed by atoms with Crippen LogP contribution >= 0.6 is 11.6 Å².